The van der Waals surface area contributed by atoms with Crippen LogP contribution in [0.15, 0.2) is 18.7 Å². The summed E-state index contributed by atoms with van der Waals surface area (Å²) in [4.78, 5) is 15.7. The number of aryl methyl sites for hydroxylation is 2. The summed E-state index contributed by atoms with van der Waals surface area (Å²) in [6.07, 6.45) is 6.28. The van der Waals surface area contributed by atoms with E-state index >= 15 is 0 Å². The Kier molecular flexibility index (Phi) is 4.27. The molecule has 102 valence electrons. The maximum atomic E-state index is 11.7. The number of hydrogen-bond acceptors (Lipinski definition) is 5. The minimum absolute atomic E-state index is 0.269. The van der Waals surface area contributed by atoms with E-state index in [1.165, 1.54) is 0 Å². The van der Waals surface area contributed by atoms with Gasteiger partial charge in [-0.2, -0.15) is 0 Å². The Morgan fingerprint density at radius 1 is 1.37 bits per heavy atom. The largest absolute Gasteiger partial charge is 0.460 e. The Morgan fingerprint density at radius 2 is 2.21 bits per heavy atom. The van der Waals surface area contributed by atoms with Crippen molar-refractivity contribution >= 4 is 5.97 Å². The van der Waals surface area contributed by atoms with E-state index in [1.54, 1.807) is 24.0 Å². The summed E-state index contributed by atoms with van der Waals surface area (Å²) in [5.41, 5.74) is 0. The van der Waals surface area contributed by atoms with Crippen molar-refractivity contribution in [2.24, 2.45) is 0 Å². The first kappa shape index (κ1) is 13.3. The third kappa shape index (κ3) is 3.18. The van der Waals surface area contributed by atoms with Crippen LogP contribution < -0.4 is 0 Å². The van der Waals surface area contributed by atoms with Crippen LogP contribution in [0.25, 0.3) is 0 Å². The van der Waals surface area contributed by atoms with Crippen molar-refractivity contribution in [3.05, 3.63) is 30.4 Å². The Labute approximate surface area is 111 Å². The highest BCUT2D eigenvalue weighted by atomic mass is 16.5. The van der Waals surface area contributed by atoms with Gasteiger partial charge in [-0.15, -0.1) is 10.2 Å². The van der Waals surface area contributed by atoms with Gasteiger partial charge in [0.2, 0.25) is 5.82 Å². The highest BCUT2D eigenvalue weighted by molar-refractivity contribution is 5.85. The minimum Gasteiger partial charge on any atom is -0.460 e. The van der Waals surface area contributed by atoms with Crippen LogP contribution in [-0.2, 0) is 17.8 Å². The monoisotopic (exact) mass is 263 g/mol. The normalized spacial score (nSPS) is 10.6. The summed E-state index contributed by atoms with van der Waals surface area (Å²) in [7, 11) is 0. The Balaban J connectivity index is 1.99. The van der Waals surface area contributed by atoms with Crippen LogP contribution in [0.5, 0.6) is 0 Å². The van der Waals surface area contributed by atoms with E-state index in [9.17, 15) is 4.79 Å². The average Bonchev–Trinajstić information content (AvgIpc) is 3.01. The van der Waals surface area contributed by atoms with Crippen LogP contribution in [0.3, 0.4) is 0 Å². The van der Waals surface area contributed by atoms with Gasteiger partial charge in [-0.05, 0) is 20.3 Å². The highest BCUT2D eigenvalue weighted by Crippen LogP contribution is 2.05. The number of esters is 1. The van der Waals surface area contributed by atoms with Gasteiger partial charge in [-0.3, -0.25) is 0 Å². The summed E-state index contributed by atoms with van der Waals surface area (Å²) < 4.78 is 8.73. The Bertz CT molecular complexity index is 532. The first-order valence-corrected chi connectivity index (χ1v) is 6.25. The van der Waals surface area contributed by atoms with Crippen molar-refractivity contribution in [3.63, 3.8) is 0 Å². The van der Waals surface area contributed by atoms with Gasteiger partial charge in [0.15, 0.2) is 0 Å². The van der Waals surface area contributed by atoms with E-state index in [0.29, 0.717) is 19.0 Å². The molecule has 0 unspecified atom stereocenters. The lowest BCUT2D eigenvalue weighted by atomic mass is 10.4. The van der Waals surface area contributed by atoms with Gasteiger partial charge in [-0.25, -0.2) is 9.78 Å². The third-order valence-corrected chi connectivity index (χ3v) is 2.75. The molecule has 19 heavy (non-hydrogen) atoms. The first-order valence-electron chi connectivity index (χ1n) is 6.25. The second-order valence-corrected chi connectivity index (χ2v) is 4.10. The molecule has 0 radical (unpaired) electrons. The maximum absolute atomic E-state index is 11.7. The highest BCUT2D eigenvalue weighted by Gasteiger charge is 2.17. The van der Waals surface area contributed by atoms with Crippen molar-refractivity contribution in [1.29, 1.82) is 0 Å². The molecule has 0 atom stereocenters. The van der Waals surface area contributed by atoms with Gasteiger partial charge in [0, 0.05) is 25.5 Å². The lowest BCUT2D eigenvalue weighted by Crippen LogP contribution is -2.15. The molecule has 2 heterocycles. The molecule has 7 nitrogen and oxygen atoms in total. The molecule has 0 N–H and O–H groups in total. The van der Waals surface area contributed by atoms with Gasteiger partial charge >= 0.3 is 5.97 Å². The van der Waals surface area contributed by atoms with E-state index in [0.717, 1.165) is 13.0 Å². The molecule has 0 saturated carbocycles. The smallest absolute Gasteiger partial charge is 0.376 e. The van der Waals surface area contributed by atoms with Gasteiger partial charge in [0.1, 0.15) is 5.82 Å². The van der Waals surface area contributed by atoms with Crippen LogP contribution in [-0.4, -0.2) is 36.9 Å². The average molecular weight is 263 g/mol. The van der Waals surface area contributed by atoms with Crippen molar-refractivity contribution in [2.75, 3.05) is 6.61 Å². The molecule has 0 spiro atoms. The molecule has 2 rings (SSSR count). The molecule has 2 aromatic heterocycles. The molecular weight excluding hydrogens is 246 g/mol. The number of nitrogens with zero attached hydrogens (tertiary/aromatic N) is 5. The molecule has 0 saturated heterocycles. The topological polar surface area (TPSA) is 74.8 Å². The number of hydrogen-bond donors (Lipinski definition) is 0. The number of rotatable bonds is 6. The van der Waals surface area contributed by atoms with Gasteiger partial charge in [-0.1, -0.05) is 0 Å². The number of imidazole rings is 1. The zero-order chi connectivity index (χ0) is 13.7. The van der Waals surface area contributed by atoms with Crippen LogP contribution in [0.2, 0.25) is 0 Å². The standard InChI is InChI=1S/C12H17N5O2/c1-3-19-12(18)11-15-14-10(2)17(11)7-4-6-16-8-5-13-9-16/h5,8-9H,3-4,6-7H2,1-2H3. The molecule has 0 aliphatic rings. The lowest BCUT2D eigenvalue weighted by Gasteiger charge is -2.08. The second-order valence-electron chi connectivity index (χ2n) is 4.10. The molecule has 0 aliphatic carbocycles. The van der Waals surface area contributed by atoms with Crippen LogP contribution in [0, 0.1) is 6.92 Å². The van der Waals surface area contributed by atoms with Crippen molar-refractivity contribution in [2.45, 2.75) is 33.4 Å². The van der Waals surface area contributed by atoms with Crippen molar-refractivity contribution < 1.29 is 9.53 Å². The first-order chi connectivity index (χ1) is 9.22. The molecular formula is C12H17N5O2. The zero-order valence-electron chi connectivity index (χ0n) is 11.1. The summed E-state index contributed by atoms with van der Waals surface area (Å²) in [5.74, 6) is 0.560. The molecule has 0 aliphatic heterocycles. The Morgan fingerprint density at radius 3 is 2.89 bits per heavy atom. The molecule has 2 aromatic rings. The molecule has 0 aromatic carbocycles. The molecule has 0 fully saturated rings. The van der Waals surface area contributed by atoms with E-state index in [1.807, 2.05) is 17.7 Å². The molecule has 7 heteroatoms. The predicted molar refractivity (Wildman–Crippen MR) is 67.6 cm³/mol. The van der Waals surface area contributed by atoms with E-state index in [4.69, 9.17) is 4.74 Å². The lowest BCUT2D eigenvalue weighted by molar-refractivity contribution is 0.0505. The SMILES string of the molecule is CCOC(=O)c1nnc(C)n1CCCn1ccnc1. The van der Waals surface area contributed by atoms with E-state index in [-0.39, 0.29) is 5.82 Å². The summed E-state index contributed by atoms with van der Waals surface area (Å²) in [6, 6.07) is 0. The summed E-state index contributed by atoms with van der Waals surface area (Å²) in [5, 5.41) is 7.80. The van der Waals surface area contributed by atoms with Crippen LogP contribution in [0.1, 0.15) is 29.8 Å². The third-order valence-electron chi connectivity index (χ3n) is 2.75. The number of carbonyl (C=O) groups is 1. The Hall–Kier alpha value is -2.18. The number of aromatic nitrogens is 5. The minimum atomic E-state index is -0.425. The fourth-order valence-electron chi connectivity index (χ4n) is 1.83. The number of ether oxygens (including phenoxy) is 1. The zero-order valence-corrected chi connectivity index (χ0v) is 11.1. The maximum Gasteiger partial charge on any atom is 0.376 e. The van der Waals surface area contributed by atoms with Gasteiger partial charge in [0.25, 0.3) is 0 Å². The van der Waals surface area contributed by atoms with Gasteiger partial charge in [0.05, 0.1) is 12.9 Å². The van der Waals surface area contributed by atoms with Gasteiger partial charge < -0.3 is 13.9 Å². The second kappa shape index (κ2) is 6.12. The van der Waals surface area contributed by atoms with Crippen LogP contribution >= 0.6 is 0 Å². The summed E-state index contributed by atoms with van der Waals surface area (Å²) >= 11 is 0. The van der Waals surface area contributed by atoms with Crippen LogP contribution in [0.4, 0.5) is 0 Å². The fraction of sp³-hybridized carbons (Fsp3) is 0.500. The predicted octanol–water partition coefficient (Wildman–Crippen LogP) is 1.05. The molecule has 0 bridgehead atoms. The summed E-state index contributed by atoms with van der Waals surface area (Å²) in [6.45, 7) is 5.43. The number of carbonyl (C=O) groups excluding carboxylic acids is 1. The van der Waals surface area contributed by atoms with Crippen molar-refractivity contribution in [1.82, 2.24) is 24.3 Å². The fourth-order valence-corrected chi connectivity index (χ4v) is 1.83. The van der Waals surface area contributed by atoms with E-state index < -0.39 is 5.97 Å². The van der Waals surface area contributed by atoms with Crippen molar-refractivity contribution in [3.8, 4) is 0 Å². The van der Waals surface area contributed by atoms with E-state index in [2.05, 4.69) is 15.2 Å². The molecule has 0 amide bonds. The quantitative estimate of drug-likeness (QED) is 0.728.